The first kappa shape index (κ1) is 13.8. The molecular formula is C13H20N4O2. The van der Waals surface area contributed by atoms with E-state index in [2.05, 4.69) is 15.2 Å². The fourth-order valence-electron chi connectivity index (χ4n) is 2.27. The summed E-state index contributed by atoms with van der Waals surface area (Å²) < 4.78 is 5.50. The number of primary amides is 1. The molecule has 1 amide bonds. The average molecular weight is 264 g/mol. The number of anilines is 1. The van der Waals surface area contributed by atoms with E-state index in [1.54, 1.807) is 13.1 Å². The summed E-state index contributed by atoms with van der Waals surface area (Å²) in [6, 6.07) is 3.93. The van der Waals surface area contributed by atoms with Gasteiger partial charge in [-0.15, -0.1) is 0 Å². The van der Waals surface area contributed by atoms with Crippen molar-refractivity contribution in [2.24, 2.45) is 5.73 Å². The van der Waals surface area contributed by atoms with Crippen molar-refractivity contribution < 1.29 is 9.53 Å². The van der Waals surface area contributed by atoms with Crippen molar-refractivity contribution >= 4 is 11.7 Å². The van der Waals surface area contributed by atoms with E-state index in [0.717, 1.165) is 24.5 Å². The number of nitrogens with two attached hydrogens (primary N) is 1. The molecule has 6 heteroatoms. The average Bonchev–Trinajstić information content (AvgIpc) is 2.39. The number of rotatable bonds is 4. The summed E-state index contributed by atoms with van der Waals surface area (Å²) in [5, 5.41) is 3.07. The molecule has 0 radical (unpaired) electrons. The Kier molecular flexibility index (Phi) is 4.01. The molecule has 2 heterocycles. The van der Waals surface area contributed by atoms with Crippen molar-refractivity contribution in [2.45, 2.75) is 19.1 Å². The zero-order valence-electron chi connectivity index (χ0n) is 11.3. The van der Waals surface area contributed by atoms with E-state index in [1.165, 1.54) is 0 Å². The zero-order valence-corrected chi connectivity index (χ0v) is 11.3. The van der Waals surface area contributed by atoms with E-state index in [4.69, 9.17) is 10.5 Å². The van der Waals surface area contributed by atoms with Gasteiger partial charge in [0.15, 0.2) is 5.60 Å². The highest BCUT2D eigenvalue weighted by Crippen LogP contribution is 2.21. The summed E-state index contributed by atoms with van der Waals surface area (Å²) in [5.41, 5.74) is 5.59. The second-order valence-electron chi connectivity index (χ2n) is 4.92. The minimum absolute atomic E-state index is 0.419. The molecule has 104 valence electrons. The number of hydrogen-bond donors (Lipinski definition) is 2. The topological polar surface area (TPSA) is 80.5 Å². The highest BCUT2D eigenvalue weighted by Gasteiger charge is 2.37. The van der Waals surface area contributed by atoms with Gasteiger partial charge in [-0.25, -0.2) is 4.98 Å². The van der Waals surface area contributed by atoms with E-state index in [0.29, 0.717) is 13.2 Å². The number of hydrogen-bond acceptors (Lipinski definition) is 5. The zero-order chi connectivity index (χ0) is 13.9. The number of nitrogens with zero attached hydrogens (tertiary/aromatic N) is 2. The van der Waals surface area contributed by atoms with E-state index in [-0.39, 0.29) is 0 Å². The molecule has 19 heavy (non-hydrogen) atoms. The molecule has 1 aromatic heterocycles. The van der Waals surface area contributed by atoms with Crippen molar-refractivity contribution in [3.05, 3.63) is 23.9 Å². The molecule has 0 unspecified atom stereocenters. The third-order valence-corrected chi connectivity index (χ3v) is 3.40. The van der Waals surface area contributed by atoms with Gasteiger partial charge in [0, 0.05) is 38.4 Å². The lowest BCUT2D eigenvalue weighted by Gasteiger charge is -2.38. The van der Waals surface area contributed by atoms with Crippen LogP contribution in [0.25, 0.3) is 0 Å². The van der Waals surface area contributed by atoms with Crippen LogP contribution in [0.15, 0.2) is 18.3 Å². The molecule has 0 aromatic carbocycles. The quantitative estimate of drug-likeness (QED) is 0.812. The SMILES string of the molecule is CNc1ncccc1CN1CCO[C@@](C)(C(N)=O)C1. The van der Waals surface area contributed by atoms with Crippen LogP contribution in [0.4, 0.5) is 5.82 Å². The standard InChI is InChI=1S/C13H20N4O2/c1-13(12(14)18)9-17(6-7-19-13)8-10-4-3-5-16-11(10)15-2/h3-5H,6-9H2,1-2H3,(H2,14,18)(H,15,16)/t13-/m1/s1. The Bertz CT molecular complexity index is 466. The smallest absolute Gasteiger partial charge is 0.250 e. The minimum atomic E-state index is -0.903. The molecule has 1 aliphatic heterocycles. The van der Waals surface area contributed by atoms with Crippen LogP contribution in [0, 0.1) is 0 Å². The maximum absolute atomic E-state index is 11.4. The van der Waals surface area contributed by atoms with E-state index >= 15 is 0 Å². The Morgan fingerprint density at radius 1 is 1.68 bits per heavy atom. The maximum atomic E-state index is 11.4. The number of carbonyl (C=O) groups is 1. The van der Waals surface area contributed by atoms with Gasteiger partial charge in [-0.05, 0) is 13.0 Å². The second-order valence-corrected chi connectivity index (χ2v) is 4.92. The summed E-state index contributed by atoms with van der Waals surface area (Å²) in [6.45, 7) is 4.25. The van der Waals surface area contributed by atoms with Crippen molar-refractivity contribution in [2.75, 3.05) is 32.1 Å². The van der Waals surface area contributed by atoms with Gasteiger partial charge in [-0.1, -0.05) is 6.07 Å². The molecular weight excluding hydrogens is 244 g/mol. The largest absolute Gasteiger partial charge is 0.373 e. The fourth-order valence-corrected chi connectivity index (χ4v) is 2.27. The van der Waals surface area contributed by atoms with Gasteiger partial charge in [-0.2, -0.15) is 0 Å². The summed E-state index contributed by atoms with van der Waals surface area (Å²) >= 11 is 0. The number of morpholine rings is 1. The van der Waals surface area contributed by atoms with Crippen molar-refractivity contribution in [1.29, 1.82) is 0 Å². The predicted molar refractivity (Wildman–Crippen MR) is 72.6 cm³/mol. The van der Waals surface area contributed by atoms with E-state index < -0.39 is 11.5 Å². The van der Waals surface area contributed by atoms with E-state index in [1.807, 2.05) is 19.2 Å². The Morgan fingerprint density at radius 3 is 3.16 bits per heavy atom. The Labute approximate surface area is 112 Å². The van der Waals surface area contributed by atoms with Gasteiger partial charge in [-0.3, -0.25) is 9.69 Å². The van der Waals surface area contributed by atoms with E-state index in [9.17, 15) is 4.79 Å². The van der Waals surface area contributed by atoms with Gasteiger partial charge in [0.2, 0.25) is 0 Å². The number of ether oxygens (including phenoxy) is 1. The van der Waals surface area contributed by atoms with Crippen molar-refractivity contribution in [3.8, 4) is 0 Å². The lowest BCUT2D eigenvalue weighted by atomic mass is 10.0. The number of nitrogens with one attached hydrogen (secondary N) is 1. The molecule has 0 spiro atoms. The fraction of sp³-hybridized carbons (Fsp3) is 0.538. The summed E-state index contributed by atoms with van der Waals surface area (Å²) in [4.78, 5) is 17.9. The third-order valence-electron chi connectivity index (χ3n) is 3.40. The molecule has 1 aromatic rings. The van der Waals surface area contributed by atoms with Gasteiger partial charge in [0.05, 0.1) is 6.61 Å². The monoisotopic (exact) mass is 264 g/mol. The number of amides is 1. The molecule has 1 aliphatic rings. The summed E-state index contributed by atoms with van der Waals surface area (Å²) in [7, 11) is 1.85. The van der Waals surface area contributed by atoms with Crippen LogP contribution in [0.2, 0.25) is 0 Å². The first-order valence-corrected chi connectivity index (χ1v) is 6.33. The van der Waals surface area contributed by atoms with Gasteiger partial charge < -0.3 is 15.8 Å². The Balaban J connectivity index is 2.09. The van der Waals surface area contributed by atoms with Crippen LogP contribution in [0.1, 0.15) is 12.5 Å². The predicted octanol–water partition coefficient (Wildman–Crippen LogP) is 0.200. The molecule has 2 rings (SSSR count). The van der Waals surface area contributed by atoms with Gasteiger partial charge >= 0.3 is 0 Å². The highest BCUT2D eigenvalue weighted by molar-refractivity contribution is 5.83. The maximum Gasteiger partial charge on any atom is 0.250 e. The molecule has 3 N–H and O–H groups in total. The number of carbonyl (C=O) groups excluding carboxylic acids is 1. The third kappa shape index (κ3) is 3.02. The van der Waals surface area contributed by atoms with Crippen molar-refractivity contribution in [1.82, 2.24) is 9.88 Å². The first-order valence-electron chi connectivity index (χ1n) is 6.33. The van der Waals surface area contributed by atoms with Crippen LogP contribution < -0.4 is 11.1 Å². The van der Waals surface area contributed by atoms with Crippen LogP contribution in [-0.2, 0) is 16.1 Å². The normalized spacial score (nSPS) is 24.1. The van der Waals surface area contributed by atoms with Crippen LogP contribution in [0.5, 0.6) is 0 Å². The molecule has 1 saturated heterocycles. The molecule has 0 aliphatic carbocycles. The first-order chi connectivity index (χ1) is 9.05. The van der Waals surface area contributed by atoms with Crippen LogP contribution in [0.3, 0.4) is 0 Å². The van der Waals surface area contributed by atoms with Crippen molar-refractivity contribution in [3.63, 3.8) is 0 Å². The lowest BCUT2D eigenvalue weighted by Crippen LogP contribution is -2.56. The van der Waals surface area contributed by atoms with Gasteiger partial charge in [0.1, 0.15) is 5.82 Å². The minimum Gasteiger partial charge on any atom is -0.373 e. The summed E-state index contributed by atoms with van der Waals surface area (Å²) in [6.07, 6.45) is 1.75. The molecule has 1 atom stereocenters. The molecule has 6 nitrogen and oxygen atoms in total. The van der Waals surface area contributed by atoms with Crippen LogP contribution in [-0.4, -0.2) is 48.1 Å². The second kappa shape index (κ2) is 5.54. The molecule has 0 bridgehead atoms. The highest BCUT2D eigenvalue weighted by atomic mass is 16.5. The molecule has 0 saturated carbocycles. The van der Waals surface area contributed by atoms with Crippen LogP contribution >= 0.6 is 0 Å². The summed E-state index contributed by atoms with van der Waals surface area (Å²) in [5.74, 6) is 0.437. The van der Waals surface area contributed by atoms with Gasteiger partial charge in [0.25, 0.3) is 5.91 Å². The number of aromatic nitrogens is 1. The Hall–Kier alpha value is -1.66. The lowest BCUT2D eigenvalue weighted by molar-refractivity contribution is -0.153. The molecule has 1 fully saturated rings. The Morgan fingerprint density at radius 2 is 2.47 bits per heavy atom. The number of pyridine rings is 1.